The van der Waals surface area contributed by atoms with E-state index in [1.807, 2.05) is 13.8 Å². The molecular weight excluding hydrogens is 403 g/mol. The zero-order valence-electron chi connectivity index (χ0n) is 16.3. The molecule has 0 saturated carbocycles. The van der Waals surface area contributed by atoms with Gasteiger partial charge in [0, 0.05) is 21.5 Å². The number of nitrogens with zero attached hydrogens (tertiary/aromatic N) is 4. The second-order valence-electron chi connectivity index (χ2n) is 6.68. The van der Waals surface area contributed by atoms with Gasteiger partial charge < -0.3 is 5.32 Å². The van der Waals surface area contributed by atoms with Crippen molar-refractivity contribution < 1.29 is 18.0 Å². The van der Waals surface area contributed by atoms with E-state index < -0.39 is 17.6 Å². The predicted octanol–water partition coefficient (Wildman–Crippen LogP) is 4.90. The second-order valence-corrected chi connectivity index (χ2v) is 8.19. The number of thioether (sulfide) groups is 1. The lowest BCUT2D eigenvalue weighted by Crippen LogP contribution is -2.18. The quantitative estimate of drug-likeness (QED) is 0.591. The van der Waals surface area contributed by atoms with Crippen molar-refractivity contribution in [1.82, 2.24) is 19.6 Å². The van der Waals surface area contributed by atoms with Crippen molar-refractivity contribution in [2.24, 2.45) is 0 Å². The number of carbonyl (C=O) groups is 1. The standard InChI is InChI=1S/C19H20F3N5OS/c1-5-12(4)29-13-6-7-15(14(9-13)19(20,21)22)24-17(28)16-25-18-23-10(2)8-11(3)27(18)26-16/h6-9,12H,5H2,1-4H3,(H,24,28). The molecule has 1 atom stereocenters. The van der Waals surface area contributed by atoms with Crippen LogP contribution in [0.25, 0.3) is 5.78 Å². The van der Waals surface area contributed by atoms with E-state index in [0.29, 0.717) is 16.3 Å². The lowest BCUT2D eigenvalue weighted by atomic mass is 10.1. The van der Waals surface area contributed by atoms with Gasteiger partial charge in [-0.25, -0.2) is 9.50 Å². The molecule has 3 rings (SSSR count). The number of rotatable bonds is 5. The van der Waals surface area contributed by atoms with Crippen LogP contribution in [-0.4, -0.2) is 30.7 Å². The largest absolute Gasteiger partial charge is 0.418 e. The summed E-state index contributed by atoms with van der Waals surface area (Å²) in [5.41, 5.74) is 0.161. The van der Waals surface area contributed by atoms with E-state index in [4.69, 9.17) is 0 Å². The van der Waals surface area contributed by atoms with Gasteiger partial charge in [0.25, 0.3) is 11.7 Å². The molecule has 154 valence electrons. The van der Waals surface area contributed by atoms with Crippen LogP contribution in [0.2, 0.25) is 0 Å². The first-order valence-corrected chi connectivity index (χ1v) is 9.86. The normalized spacial score (nSPS) is 12.9. The van der Waals surface area contributed by atoms with Crippen LogP contribution in [0.15, 0.2) is 29.2 Å². The predicted molar refractivity (Wildman–Crippen MR) is 105 cm³/mol. The van der Waals surface area contributed by atoms with Crippen LogP contribution in [0.4, 0.5) is 18.9 Å². The monoisotopic (exact) mass is 423 g/mol. The Bertz CT molecular complexity index is 1060. The minimum Gasteiger partial charge on any atom is -0.319 e. The number of alkyl halides is 3. The number of amides is 1. The number of anilines is 1. The molecule has 10 heteroatoms. The highest BCUT2D eigenvalue weighted by Crippen LogP contribution is 2.38. The topological polar surface area (TPSA) is 72.2 Å². The fourth-order valence-electron chi connectivity index (χ4n) is 2.70. The maximum absolute atomic E-state index is 13.6. The van der Waals surface area contributed by atoms with Crippen LogP contribution in [0, 0.1) is 13.8 Å². The van der Waals surface area contributed by atoms with Crippen molar-refractivity contribution in [3.63, 3.8) is 0 Å². The van der Waals surface area contributed by atoms with Crippen molar-refractivity contribution in [3.8, 4) is 0 Å². The highest BCUT2D eigenvalue weighted by Gasteiger charge is 2.34. The molecule has 1 N–H and O–H groups in total. The van der Waals surface area contributed by atoms with Gasteiger partial charge >= 0.3 is 6.18 Å². The third-order valence-corrected chi connectivity index (χ3v) is 5.54. The smallest absolute Gasteiger partial charge is 0.319 e. The summed E-state index contributed by atoms with van der Waals surface area (Å²) < 4.78 is 42.1. The molecule has 0 spiro atoms. The van der Waals surface area contributed by atoms with Crippen molar-refractivity contribution in [2.45, 2.75) is 50.4 Å². The molecular formula is C19H20F3N5OS. The van der Waals surface area contributed by atoms with Crippen LogP contribution < -0.4 is 5.32 Å². The summed E-state index contributed by atoms with van der Waals surface area (Å²) in [7, 11) is 0. The number of aryl methyl sites for hydroxylation is 2. The molecule has 29 heavy (non-hydrogen) atoms. The minimum atomic E-state index is -4.61. The van der Waals surface area contributed by atoms with Crippen LogP contribution in [0.3, 0.4) is 0 Å². The number of halogens is 3. The summed E-state index contributed by atoms with van der Waals surface area (Å²) in [5.74, 6) is -0.873. The zero-order chi connectivity index (χ0) is 21.3. The molecule has 0 fully saturated rings. The van der Waals surface area contributed by atoms with Gasteiger partial charge in [0.15, 0.2) is 0 Å². The number of fused-ring (bicyclic) bond motifs is 1. The summed E-state index contributed by atoms with van der Waals surface area (Å²) in [5, 5.41) is 6.52. The average molecular weight is 423 g/mol. The summed E-state index contributed by atoms with van der Waals surface area (Å²) in [6.07, 6.45) is -3.78. The van der Waals surface area contributed by atoms with Gasteiger partial charge in [-0.3, -0.25) is 4.79 Å². The number of carbonyl (C=O) groups excluding carboxylic acids is 1. The molecule has 2 heterocycles. The molecule has 0 radical (unpaired) electrons. The SMILES string of the molecule is CCC(C)Sc1ccc(NC(=O)c2nc3nc(C)cc(C)n3n2)c(C(F)(F)F)c1. The van der Waals surface area contributed by atoms with Gasteiger partial charge in [-0.1, -0.05) is 13.8 Å². The number of aromatic nitrogens is 4. The highest BCUT2D eigenvalue weighted by molar-refractivity contribution is 7.99. The van der Waals surface area contributed by atoms with E-state index in [1.165, 1.54) is 22.3 Å². The number of nitrogens with one attached hydrogen (secondary N) is 1. The van der Waals surface area contributed by atoms with E-state index >= 15 is 0 Å². The first-order chi connectivity index (χ1) is 13.6. The first kappa shape index (κ1) is 21.1. The summed E-state index contributed by atoms with van der Waals surface area (Å²) in [4.78, 5) is 21.2. The van der Waals surface area contributed by atoms with Crippen molar-refractivity contribution in [3.05, 3.63) is 47.0 Å². The Morgan fingerprint density at radius 3 is 2.62 bits per heavy atom. The molecule has 3 aromatic rings. The summed E-state index contributed by atoms with van der Waals surface area (Å²) in [6.45, 7) is 7.46. The summed E-state index contributed by atoms with van der Waals surface area (Å²) in [6, 6.07) is 5.64. The van der Waals surface area contributed by atoms with E-state index in [-0.39, 0.29) is 22.5 Å². The summed E-state index contributed by atoms with van der Waals surface area (Å²) >= 11 is 1.35. The molecule has 1 amide bonds. The van der Waals surface area contributed by atoms with E-state index in [9.17, 15) is 18.0 Å². The molecule has 1 unspecified atom stereocenters. The average Bonchev–Trinajstić information content (AvgIpc) is 3.06. The number of hydrogen-bond donors (Lipinski definition) is 1. The Balaban J connectivity index is 1.92. The Labute approximate surface area is 169 Å². The van der Waals surface area contributed by atoms with Crippen molar-refractivity contribution in [2.75, 3.05) is 5.32 Å². The molecule has 1 aromatic carbocycles. The molecule has 0 aliphatic heterocycles. The van der Waals surface area contributed by atoms with Gasteiger partial charge in [-0.2, -0.15) is 18.2 Å². The van der Waals surface area contributed by atoms with E-state index in [2.05, 4.69) is 20.4 Å². The lowest BCUT2D eigenvalue weighted by molar-refractivity contribution is -0.137. The number of benzene rings is 1. The van der Waals surface area contributed by atoms with Gasteiger partial charge in [0.05, 0.1) is 11.3 Å². The van der Waals surface area contributed by atoms with Gasteiger partial charge in [0.2, 0.25) is 5.82 Å². The first-order valence-electron chi connectivity index (χ1n) is 8.98. The molecule has 0 aliphatic carbocycles. The fraction of sp³-hybridized carbons (Fsp3) is 0.368. The molecule has 2 aromatic heterocycles. The second kappa shape index (κ2) is 8.02. The molecule has 0 saturated heterocycles. The van der Waals surface area contributed by atoms with Crippen LogP contribution in [0.1, 0.15) is 47.8 Å². The van der Waals surface area contributed by atoms with Gasteiger partial charge in [-0.15, -0.1) is 16.9 Å². The molecule has 0 aliphatic rings. The van der Waals surface area contributed by atoms with Crippen LogP contribution in [0.5, 0.6) is 0 Å². The minimum absolute atomic E-state index is 0.179. The maximum atomic E-state index is 13.6. The Kier molecular flexibility index (Phi) is 5.83. The molecule has 6 nitrogen and oxygen atoms in total. The van der Waals surface area contributed by atoms with Crippen molar-refractivity contribution >= 4 is 29.1 Å². The van der Waals surface area contributed by atoms with E-state index in [1.54, 1.807) is 26.0 Å². The van der Waals surface area contributed by atoms with Crippen LogP contribution >= 0.6 is 11.8 Å². The Morgan fingerprint density at radius 1 is 1.24 bits per heavy atom. The highest BCUT2D eigenvalue weighted by atomic mass is 32.2. The molecule has 0 bridgehead atoms. The third kappa shape index (κ3) is 4.69. The Hall–Kier alpha value is -2.62. The van der Waals surface area contributed by atoms with Gasteiger partial charge in [-0.05, 0) is 44.5 Å². The third-order valence-electron chi connectivity index (χ3n) is 4.28. The van der Waals surface area contributed by atoms with E-state index in [0.717, 1.165) is 12.5 Å². The lowest BCUT2D eigenvalue weighted by Gasteiger charge is -2.16. The zero-order valence-corrected chi connectivity index (χ0v) is 17.1. The van der Waals surface area contributed by atoms with Crippen LogP contribution in [-0.2, 0) is 6.18 Å². The number of hydrogen-bond acceptors (Lipinski definition) is 5. The maximum Gasteiger partial charge on any atom is 0.418 e. The van der Waals surface area contributed by atoms with Gasteiger partial charge in [0.1, 0.15) is 0 Å². The van der Waals surface area contributed by atoms with Crippen molar-refractivity contribution in [1.29, 1.82) is 0 Å². The fourth-order valence-corrected chi connectivity index (χ4v) is 3.66. The Morgan fingerprint density at radius 2 is 1.97 bits per heavy atom.